The molecule has 1 aliphatic carbocycles. The Morgan fingerprint density at radius 3 is 2.50 bits per heavy atom. The number of carbonyl (C=O) groups is 1. The standard InChI is InChI=1S/C24H26N2O2/c1-14-4-6-17(7-5-14)22-18(13-21(27)28)15(2)23-24-19(22)12-20(16-8-9-16)26(24)11-10-25(23)3/h4-7,12,16H,8-11,13H2,1-3H3,(H,27,28). The zero-order valence-electron chi connectivity index (χ0n) is 16.7. The molecule has 1 saturated carbocycles. The normalized spacial score (nSPS) is 16.0. The minimum Gasteiger partial charge on any atom is -0.481 e. The van der Waals surface area contributed by atoms with Gasteiger partial charge in [0.25, 0.3) is 0 Å². The molecule has 1 aromatic heterocycles. The summed E-state index contributed by atoms with van der Waals surface area (Å²) in [5.41, 5.74) is 9.42. The van der Waals surface area contributed by atoms with Crippen molar-refractivity contribution in [2.24, 2.45) is 0 Å². The average molecular weight is 374 g/mol. The highest BCUT2D eigenvalue weighted by Gasteiger charge is 2.33. The van der Waals surface area contributed by atoms with Crippen LogP contribution in [0.2, 0.25) is 0 Å². The summed E-state index contributed by atoms with van der Waals surface area (Å²) in [6.45, 7) is 6.15. The number of carboxylic acids is 1. The van der Waals surface area contributed by atoms with Crippen LogP contribution in [0.1, 0.15) is 41.1 Å². The summed E-state index contributed by atoms with van der Waals surface area (Å²) in [6.07, 6.45) is 2.58. The lowest BCUT2D eigenvalue weighted by atomic mass is 9.88. The highest BCUT2D eigenvalue weighted by Crippen LogP contribution is 2.49. The SMILES string of the molecule is Cc1ccc(-c2c(CC(=O)O)c(C)c3c4c2cc(C2CC2)n4CCN3C)cc1. The van der Waals surface area contributed by atoms with Crippen LogP contribution < -0.4 is 4.90 Å². The molecular formula is C24H26N2O2. The molecule has 2 heterocycles. The topological polar surface area (TPSA) is 45.5 Å². The summed E-state index contributed by atoms with van der Waals surface area (Å²) >= 11 is 0. The second kappa shape index (κ2) is 6.13. The fourth-order valence-corrected chi connectivity index (χ4v) is 4.89. The van der Waals surface area contributed by atoms with E-state index < -0.39 is 5.97 Å². The number of aliphatic carboxylic acids is 1. The van der Waals surface area contributed by atoms with Gasteiger partial charge >= 0.3 is 5.97 Å². The van der Waals surface area contributed by atoms with Gasteiger partial charge in [0.05, 0.1) is 17.6 Å². The monoisotopic (exact) mass is 374 g/mol. The lowest BCUT2D eigenvalue weighted by Gasteiger charge is -2.31. The van der Waals surface area contributed by atoms with Gasteiger partial charge < -0.3 is 14.6 Å². The van der Waals surface area contributed by atoms with Crippen molar-refractivity contribution >= 4 is 22.6 Å². The van der Waals surface area contributed by atoms with E-state index in [4.69, 9.17) is 0 Å². The summed E-state index contributed by atoms with van der Waals surface area (Å²) in [4.78, 5) is 14.1. The first-order valence-electron chi connectivity index (χ1n) is 10.1. The number of aryl methyl sites for hydroxylation is 1. The van der Waals surface area contributed by atoms with Crippen molar-refractivity contribution in [1.82, 2.24) is 4.57 Å². The predicted molar refractivity (Wildman–Crippen MR) is 113 cm³/mol. The number of carboxylic acid groups (broad SMARTS) is 1. The number of nitrogens with zero attached hydrogens (tertiary/aromatic N) is 2. The van der Waals surface area contributed by atoms with Crippen LogP contribution in [-0.4, -0.2) is 29.2 Å². The van der Waals surface area contributed by atoms with E-state index in [1.807, 2.05) is 0 Å². The van der Waals surface area contributed by atoms with Crippen LogP contribution in [0.15, 0.2) is 30.3 Å². The number of benzene rings is 2. The van der Waals surface area contributed by atoms with Gasteiger partial charge in [-0.05, 0) is 60.9 Å². The maximum atomic E-state index is 11.8. The van der Waals surface area contributed by atoms with Gasteiger partial charge in [0.15, 0.2) is 0 Å². The van der Waals surface area contributed by atoms with Gasteiger partial charge in [-0.1, -0.05) is 29.8 Å². The summed E-state index contributed by atoms with van der Waals surface area (Å²) in [5, 5.41) is 10.9. The van der Waals surface area contributed by atoms with Crippen molar-refractivity contribution in [2.45, 2.75) is 45.6 Å². The zero-order valence-corrected chi connectivity index (χ0v) is 16.7. The summed E-state index contributed by atoms with van der Waals surface area (Å²) in [5.74, 6) is -0.110. The minimum absolute atomic E-state index is 0.0514. The smallest absolute Gasteiger partial charge is 0.307 e. The van der Waals surface area contributed by atoms with Gasteiger partial charge in [-0.2, -0.15) is 0 Å². The predicted octanol–water partition coefficient (Wildman–Crippen LogP) is 4.88. The zero-order chi connectivity index (χ0) is 19.6. The minimum atomic E-state index is -0.775. The molecule has 5 rings (SSSR count). The molecule has 0 unspecified atom stereocenters. The molecule has 3 aromatic rings. The van der Waals surface area contributed by atoms with Gasteiger partial charge in [0.2, 0.25) is 0 Å². The van der Waals surface area contributed by atoms with E-state index in [0.717, 1.165) is 35.3 Å². The quantitative estimate of drug-likeness (QED) is 0.708. The van der Waals surface area contributed by atoms with E-state index in [2.05, 4.69) is 60.7 Å². The molecule has 1 N–H and O–H groups in total. The Kier molecular flexibility index (Phi) is 3.80. The molecule has 0 bridgehead atoms. The molecule has 4 heteroatoms. The Morgan fingerprint density at radius 1 is 1.14 bits per heavy atom. The number of hydrogen-bond donors (Lipinski definition) is 1. The van der Waals surface area contributed by atoms with Gasteiger partial charge in [0, 0.05) is 31.2 Å². The molecular weight excluding hydrogens is 348 g/mol. The third-order valence-electron chi connectivity index (χ3n) is 6.44. The van der Waals surface area contributed by atoms with E-state index in [9.17, 15) is 9.90 Å². The highest BCUT2D eigenvalue weighted by atomic mass is 16.4. The van der Waals surface area contributed by atoms with E-state index >= 15 is 0 Å². The summed E-state index contributed by atoms with van der Waals surface area (Å²) in [7, 11) is 2.13. The molecule has 0 atom stereocenters. The first-order chi connectivity index (χ1) is 13.5. The average Bonchev–Trinajstić information content (AvgIpc) is 3.43. The van der Waals surface area contributed by atoms with E-state index in [0.29, 0.717) is 5.92 Å². The summed E-state index contributed by atoms with van der Waals surface area (Å²) < 4.78 is 2.51. The van der Waals surface area contributed by atoms with Crippen LogP contribution >= 0.6 is 0 Å². The lowest BCUT2D eigenvalue weighted by Crippen LogP contribution is -2.29. The molecule has 0 spiro atoms. The molecule has 0 amide bonds. The molecule has 0 radical (unpaired) electrons. The number of hydrogen-bond acceptors (Lipinski definition) is 2. The first-order valence-corrected chi connectivity index (χ1v) is 10.1. The molecule has 0 saturated heterocycles. The Hall–Kier alpha value is -2.75. The third-order valence-corrected chi connectivity index (χ3v) is 6.44. The van der Waals surface area contributed by atoms with Gasteiger partial charge in [-0.25, -0.2) is 0 Å². The second-order valence-corrected chi connectivity index (χ2v) is 8.44. The van der Waals surface area contributed by atoms with Crippen LogP contribution in [-0.2, 0) is 17.8 Å². The fraction of sp³-hybridized carbons (Fsp3) is 0.375. The second-order valence-electron chi connectivity index (χ2n) is 8.44. The Labute approximate surface area is 165 Å². The van der Waals surface area contributed by atoms with Gasteiger partial charge in [-0.3, -0.25) is 4.79 Å². The number of aromatic nitrogens is 1. The van der Waals surface area contributed by atoms with Crippen LogP contribution in [0, 0.1) is 13.8 Å². The lowest BCUT2D eigenvalue weighted by molar-refractivity contribution is -0.136. The maximum Gasteiger partial charge on any atom is 0.307 e. The van der Waals surface area contributed by atoms with Crippen molar-refractivity contribution < 1.29 is 9.90 Å². The maximum absolute atomic E-state index is 11.8. The molecule has 28 heavy (non-hydrogen) atoms. The fourth-order valence-electron chi connectivity index (χ4n) is 4.89. The summed E-state index contributed by atoms with van der Waals surface area (Å²) in [6, 6.07) is 10.9. The van der Waals surface area contributed by atoms with Crippen molar-refractivity contribution in [3.8, 4) is 11.1 Å². The highest BCUT2D eigenvalue weighted by molar-refractivity contribution is 6.07. The van der Waals surface area contributed by atoms with Gasteiger partial charge in [-0.15, -0.1) is 0 Å². The molecule has 2 aromatic carbocycles. The number of anilines is 1. The molecule has 1 fully saturated rings. The van der Waals surface area contributed by atoms with Crippen LogP contribution in [0.25, 0.3) is 22.0 Å². The number of rotatable bonds is 4. The van der Waals surface area contributed by atoms with Crippen molar-refractivity contribution in [1.29, 1.82) is 0 Å². The van der Waals surface area contributed by atoms with E-state index in [1.165, 1.54) is 40.7 Å². The molecule has 4 nitrogen and oxygen atoms in total. The molecule has 1 aliphatic heterocycles. The van der Waals surface area contributed by atoms with Crippen molar-refractivity contribution in [3.63, 3.8) is 0 Å². The Balaban J connectivity index is 1.91. The number of likely N-dealkylation sites (N-methyl/N-ethyl adjacent to an activating group) is 1. The molecule has 144 valence electrons. The van der Waals surface area contributed by atoms with Crippen molar-refractivity contribution in [3.05, 3.63) is 52.7 Å². The van der Waals surface area contributed by atoms with Crippen molar-refractivity contribution in [2.75, 3.05) is 18.5 Å². The van der Waals surface area contributed by atoms with Gasteiger partial charge in [0.1, 0.15) is 0 Å². The van der Waals surface area contributed by atoms with Crippen LogP contribution in [0.5, 0.6) is 0 Å². The first kappa shape index (κ1) is 17.4. The van der Waals surface area contributed by atoms with Crippen LogP contribution in [0.4, 0.5) is 5.69 Å². The third kappa shape index (κ3) is 2.55. The Bertz CT molecular complexity index is 1100. The molecule has 2 aliphatic rings. The largest absolute Gasteiger partial charge is 0.481 e. The Morgan fingerprint density at radius 2 is 1.86 bits per heavy atom. The van der Waals surface area contributed by atoms with E-state index in [1.54, 1.807) is 0 Å². The van der Waals surface area contributed by atoms with Crippen LogP contribution in [0.3, 0.4) is 0 Å². The van der Waals surface area contributed by atoms with E-state index in [-0.39, 0.29) is 6.42 Å².